The standard InChI is InChI=1S/C14H20N2O/c1-10-4-3-5-12(8-10)14(17)16-11(2)13-6-7-15-9-13/h3-5,8,11,13,15H,6-7,9H2,1-2H3,(H,16,17). The van der Waals surface area contributed by atoms with Crippen molar-refractivity contribution in [3.63, 3.8) is 0 Å². The molecule has 17 heavy (non-hydrogen) atoms. The zero-order chi connectivity index (χ0) is 12.3. The second-order valence-electron chi connectivity index (χ2n) is 4.88. The fraction of sp³-hybridized carbons (Fsp3) is 0.500. The van der Waals surface area contributed by atoms with E-state index in [4.69, 9.17) is 0 Å². The number of carbonyl (C=O) groups excluding carboxylic acids is 1. The normalized spacial score (nSPS) is 21.2. The second kappa shape index (κ2) is 5.32. The van der Waals surface area contributed by atoms with E-state index in [1.165, 1.54) is 0 Å². The summed E-state index contributed by atoms with van der Waals surface area (Å²) in [5, 5.41) is 6.41. The highest BCUT2D eigenvalue weighted by atomic mass is 16.1. The van der Waals surface area contributed by atoms with E-state index in [2.05, 4.69) is 17.6 Å². The predicted octanol–water partition coefficient (Wildman–Crippen LogP) is 1.72. The fourth-order valence-electron chi connectivity index (χ4n) is 2.30. The first-order chi connectivity index (χ1) is 8.16. The third kappa shape index (κ3) is 3.07. The molecule has 1 aromatic rings. The molecule has 2 unspecified atom stereocenters. The van der Waals surface area contributed by atoms with E-state index >= 15 is 0 Å². The molecule has 1 aromatic carbocycles. The number of hydrogen-bond acceptors (Lipinski definition) is 2. The summed E-state index contributed by atoms with van der Waals surface area (Å²) in [6.45, 7) is 6.16. The molecule has 0 bridgehead atoms. The van der Waals surface area contributed by atoms with Gasteiger partial charge in [0.1, 0.15) is 0 Å². The maximum absolute atomic E-state index is 12.0. The van der Waals surface area contributed by atoms with Crippen LogP contribution in [0.2, 0.25) is 0 Å². The molecule has 2 atom stereocenters. The van der Waals surface area contributed by atoms with Crippen molar-refractivity contribution < 1.29 is 4.79 Å². The molecule has 0 spiro atoms. The number of amides is 1. The zero-order valence-corrected chi connectivity index (χ0v) is 10.5. The van der Waals surface area contributed by atoms with Crippen LogP contribution in [0.5, 0.6) is 0 Å². The van der Waals surface area contributed by atoms with Gasteiger partial charge in [0, 0.05) is 11.6 Å². The van der Waals surface area contributed by atoms with Crippen molar-refractivity contribution in [1.82, 2.24) is 10.6 Å². The molecule has 1 aliphatic rings. The largest absolute Gasteiger partial charge is 0.349 e. The van der Waals surface area contributed by atoms with Crippen molar-refractivity contribution >= 4 is 5.91 Å². The Hall–Kier alpha value is -1.35. The highest BCUT2D eigenvalue weighted by molar-refractivity contribution is 5.94. The molecule has 0 saturated carbocycles. The van der Waals surface area contributed by atoms with E-state index < -0.39 is 0 Å². The van der Waals surface area contributed by atoms with Gasteiger partial charge in [-0.15, -0.1) is 0 Å². The lowest BCUT2D eigenvalue weighted by Crippen LogP contribution is -2.38. The quantitative estimate of drug-likeness (QED) is 0.833. The maximum atomic E-state index is 12.0. The van der Waals surface area contributed by atoms with E-state index in [9.17, 15) is 4.79 Å². The Labute approximate surface area is 103 Å². The molecular weight excluding hydrogens is 212 g/mol. The van der Waals surface area contributed by atoms with E-state index in [-0.39, 0.29) is 11.9 Å². The number of benzene rings is 1. The molecule has 1 aliphatic heterocycles. The summed E-state index contributed by atoms with van der Waals surface area (Å²) in [4.78, 5) is 12.0. The Morgan fingerprint density at radius 3 is 3.00 bits per heavy atom. The van der Waals surface area contributed by atoms with Gasteiger partial charge in [-0.2, -0.15) is 0 Å². The summed E-state index contributed by atoms with van der Waals surface area (Å²) in [5.41, 5.74) is 1.87. The lowest BCUT2D eigenvalue weighted by Gasteiger charge is -2.19. The van der Waals surface area contributed by atoms with Crippen molar-refractivity contribution in [2.75, 3.05) is 13.1 Å². The zero-order valence-electron chi connectivity index (χ0n) is 10.5. The SMILES string of the molecule is Cc1cccc(C(=O)NC(C)C2CCNC2)c1. The molecule has 3 nitrogen and oxygen atoms in total. The molecule has 1 fully saturated rings. The first kappa shape index (κ1) is 12.1. The summed E-state index contributed by atoms with van der Waals surface area (Å²) in [6, 6.07) is 7.95. The minimum atomic E-state index is 0.0353. The summed E-state index contributed by atoms with van der Waals surface area (Å²) < 4.78 is 0. The minimum absolute atomic E-state index is 0.0353. The van der Waals surface area contributed by atoms with Crippen molar-refractivity contribution in [2.24, 2.45) is 5.92 Å². The first-order valence-corrected chi connectivity index (χ1v) is 6.25. The number of aryl methyl sites for hydroxylation is 1. The Balaban J connectivity index is 1.96. The molecule has 92 valence electrons. The van der Waals surface area contributed by atoms with E-state index in [0.29, 0.717) is 5.92 Å². The van der Waals surface area contributed by atoms with Gasteiger partial charge >= 0.3 is 0 Å². The molecule has 2 N–H and O–H groups in total. The monoisotopic (exact) mass is 232 g/mol. The topological polar surface area (TPSA) is 41.1 Å². The predicted molar refractivity (Wildman–Crippen MR) is 69.1 cm³/mol. The third-order valence-corrected chi connectivity index (χ3v) is 3.44. The smallest absolute Gasteiger partial charge is 0.251 e. The summed E-state index contributed by atoms with van der Waals surface area (Å²) in [7, 11) is 0. The van der Waals surface area contributed by atoms with Crippen molar-refractivity contribution in [3.8, 4) is 0 Å². The van der Waals surface area contributed by atoms with Crippen LogP contribution in [-0.2, 0) is 0 Å². The lowest BCUT2D eigenvalue weighted by molar-refractivity contribution is 0.0928. The Kier molecular flexibility index (Phi) is 3.79. The van der Waals surface area contributed by atoms with Crippen LogP contribution in [0.25, 0.3) is 0 Å². The Morgan fingerprint density at radius 2 is 2.35 bits per heavy atom. The lowest BCUT2D eigenvalue weighted by atomic mass is 10.00. The number of carbonyl (C=O) groups is 1. The van der Waals surface area contributed by atoms with Gasteiger partial charge in [0.05, 0.1) is 0 Å². The fourth-order valence-corrected chi connectivity index (χ4v) is 2.30. The molecular formula is C14H20N2O. The van der Waals surface area contributed by atoms with Crippen LogP contribution in [0.1, 0.15) is 29.3 Å². The second-order valence-corrected chi connectivity index (χ2v) is 4.88. The summed E-state index contributed by atoms with van der Waals surface area (Å²) in [6.07, 6.45) is 1.15. The van der Waals surface area contributed by atoms with Gasteiger partial charge in [0.15, 0.2) is 0 Å². The van der Waals surface area contributed by atoms with Crippen LogP contribution < -0.4 is 10.6 Å². The van der Waals surface area contributed by atoms with Crippen LogP contribution in [0.4, 0.5) is 0 Å². The molecule has 1 heterocycles. The van der Waals surface area contributed by atoms with Crippen LogP contribution in [0, 0.1) is 12.8 Å². The molecule has 0 radical (unpaired) electrons. The van der Waals surface area contributed by atoms with Gasteiger partial charge in [-0.3, -0.25) is 4.79 Å². The van der Waals surface area contributed by atoms with Gasteiger partial charge in [-0.25, -0.2) is 0 Å². The molecule has 1 amide bonds. The minimum Gasteiger partial charge on any atom is -0.349 e. The maximum Gasteiger partial charge on any atom is 0.251 e. The Bertz CT molecular complexity index is 397. The van der Waals surface area contributed by atoms with Crippen molar-refractivity contribution in [3.05, 3.63) is 35.4 Å². The van der Waals surface area contributed by atoms with Crippen LogP contribution in [0.3, 0.4) is 0 Å². The van der Waals surface area contributed by atoms with E-state index in [1.54, 1.807) is 0 Å². The number of nitrogens with one attached hydrogen (secondary N) is 2. The van der Waals surface area contributed by atoms with Crippen LogP contribution in [-0.4, -0.2) is 25.0 Å². The van der Waals surface area contributed by atoms with E-state index in [0.717, 1.165) is 30.6 Å². The molecule has 1 saturated heterocycles. The average Bonchev–Trinajstić information content (AvgIpc) is 2.82. The highest BCUT2D eigenvalue weighted by Crippen LogP contribution is 2.13. The van der Waals surface area contributed by atoms with Gasteiger partial charge in [-0.1, -0.05) is 17.7 Å². The van der Waals surface area contributed by atoms with Gasteiger partial charge in [0.25, 0.3) is 5.91 Å². The van der Waals surface area contributed by atoms with Crippen molar-refractivity contribution in [1.29, 1.82) is 0 Å². The molecule has 0 aliphatic carbocycles. The Morgan fingerprint density at radius 1 is 1.53 bits per heavy atom. The molecule has 2 rings (SSSR count). The third-order valence-electron chi connectivity index (χ3n) is 3.44. The molecule has 3 heteroatoms. The number of rotatable bonds is 3. The summed E-state index contributed by atoms with van der Waals surface area (Å²) in [5.74, 6) is 0.594. The van der Waals surface area contributed by atoms with Crippen molar-refractivity contribution in [2.45, 2.75) is 26.3 Å². The first-order valence-electron chi connectivity index (χ1n) is 6.25. The average molecular weight is 232 g/mol. The van der Waals surface area contributed by atoms with Gasteiger partial charge in [0.2, 0.25) is 0 Å². The van der Waals surface area contributed by atoms with E-state index in [1.807, 2.05) is 31.2 Å². The van der Waals surface area contributed by atoms with Crippen LogP contribution in [0.15, 0.2) is 24.3 Å². The highest BCUT2D eigenvalue weighted by Gasteiger charge is 2.22. The van der Waals surface area contributed by atoms with Gasteiger partial charge < -0.3 is 10.6 Å². The van der Waals surface area contributed by atoms with Gasteiger partial charge in [-0.05, 0) is 51.4 Å². The summed E-state index contributed by atoms with van der Waals surface area (Å²) >= 11 is 0. The number of hydrogen-bond donors (Lipinski definition) is 2. The van der Waals surface area contributed by atoms with Crippen LogP contribution >= 0.6 is 0 Å². The molecule has 0 aromatic heterocycles.